The SMILES string of the molecule is C=c1ccc2c(c1)Oc1cc(C)ccc1C=2c1ccccc1.CC.CC.COOOSC. The van der Waals surface area contributed by atoms with Crippen molar-refractivity contribution >= 4 is 24.2 Å². The molecule has 3 aromatic carbocycles. The normalized spacial score (nSPS) is 10.5. The number of aryl methyl sites for hydroxylation is 1. The lowest BCUT2D eigenvalue weighted by atomic mass is 9.92. The number of benzene rings is 3. The summed E-state index contributed by atoms with van der Waals surface area (Å²) in [6.45, 7) is 14.1. The molecule has 0 amide bonds. The largest absolute Gasteiger partial charge is 0.456 e. The smallest absolute Gasteiger partial charge is 0.135 e. The second-order valence-corrected chi connectivity index (χ2v) is 6.61. The zero-order valence-electron chi connectivity index (χ0n) is 20.1. The summed E-state index contributed by atoms with van der Waals surface area (Å²) in [5, 5.41) is 6.03. The van der Waals surface area contributed by atoms with Crippen molar-refractivity contribution in [2.45, 2.75) is 34.6 Å². The zero-order chi connectivity index (χ0) is 23.9. The predicted octanol–water partition coefficient (Wildman–Crippen LogP) is 6.58. The van der Waals surface area contributed by atoms with Crippen molar-refractivity contribution in [2.75, 3.05) is 13.4 Å². The van der Waals surface area contributed by atoms with Gasteiger partial charge in [-0.05, 0) is 35.4 Å². The molecule has 5 heteroatoms. The third-order valence-electron chi connectivity index (χ3n) is 4.17. The van der Waals surface area contributed by atoms with E-state index in [-0.39, 0.29) is 0 Å². The summed E-state index contributed by atoms with van der Waals surface area (Å²) in [5.41, 5.74) is 4.76. The summed E-state index contributed by atoms with van der Waals surface area (Å²) in [5.74, 6) is 1.79. The van der Waals surface area contributed by atoms with Gasteiger partial charge in [0.25, 0.3) is 0 Å². The first-order chi connectivity index (χ1) is 15.6. The molecule has 0 N–H and O–H groups in total. The third kappa shape index (κ3) is 7.53. The van der Waals surface area contributed by atoms with Crippen LogP contribution in [0.15, 0.2) is 66.7 Å². The minimum Gasteiger partial charge on any atom is -0.456 e. The molecule has 32 heavy (non-hydrogen) atoms. The Morgan fingerprint density at radius 2 is 1.53 bits per heavy atom. The van der Waals surface area contributed by atoms with Gasteiger partial charge in [-0.3, -0.25) is 0 Å². The molecule has 1 aliphatic rings. The first kappa shape index (κ1) is 27.5. The van der Waals surface area contributed by atoms with Crippen molar-refractivity contribution < 1.29 is 19.0 Å². The molecule has 0 radical (unpaired) electrons. The fourth-order valence-electron chi connectivity index (χ4n) is 3.01. The molecule has 172 valence electrons. The molecule has 1 aliphatic heterocycles. The summed E-state index contributed by atoms with van der Waals surface area (Å²) in [4.78, 5) is 4.04. The molecular weight excluding hydrogens is 420 g/mol. The van der Waals surface area contributed by atoms with E-state index in [0.29, 0.717) is 0 Å². The fraction of sp³-hybridized carbons (Fsp3) is 0.259. The average molecular weight is 455 g/mol. The van der Waals surface area contributed by atoms with Crippen LogP contribution in [0.4, 0.5) is 0 Å². The Bertz CT molecular complexity index is 1040. The second kappa shape index (κ2) is 15.3. The van der Waals surface area contributed by atoms with Gasteiger partial charge in [0, 0.05) is 34.7 Å². The molecule has 0 aromatic heterocycles. The van der Waals surface area contributed by atoms with Crippen LogP contribution in [0.1, 0.15) is 44.4 Å². The van der Waals surface area contributed by atoms with Gasteiger partial charge >= 0.3 is 0 Å². The molecular formula is C27H34O4S. The lowest BCUT2D eigenvalue weighted by Gasteiger charge is -2.21. The Kier molecular flexibility index (Phi) is 13.1. The van der Waals surface area contributed by atoms with Crippen LogP contribution in [0, 0.1) is 6.92 Å². The van der Waals surface area contributed by atoms with E-state index in [2.05, 4.69) is 76.3 Å². The van der Waals surface area contributed by atoms with Gasteiger partial charge in [0.2, 0.25) is 0 Å². The van der Waals surface area contributed by atoms with Crippen molar-refractivity contribution in [3.63, 3.8) is 0 Å². The Balaban J connectivity index is 0.000000441. The predicted molar refractivity (Wildman–Crippen MR) is 136 cm³/mol. The number of fused-ring (bicyclic) bond motifs is 2. The van der Waals surface area contributed by atoms with Gasteiger partial charge in [-0.25, -0.2) is 4.89 Å². The average Bonchev–Trinajstić information content (AvgIpc) is 2.84. The minimum absolute atomic E-state index is 0.879. The van der Waals surface area contributed by atoms with Gasteiger partial charge < -0.3 is 4.74 Å². The first-order valence-electron chi connectivity index (χ1n) is 10.7. The first-order valence-corrected chi connectivity index (χ1v) is 11.9. The zero-order valence-corrected chi connectivity index (χ0v) is 20.9. The summed E-state index contributed by atoms with van der Waals surface area (Å²) < 4.78 is 10.3. The van der Waals surface area contributed by atoms with E-state index in [1.807, 2.05) is 45.9 Å². The highest BCUT2D eigenvalue weighted by molar-refractivity contribution is 7.93. The van der Waals surface area contributed by atoms with Crippen molar-refractivity contribution in [3.8, 4) is 11.5 Å². The quantitative estimate of drug-likeness (QED) is 0.151. The van der Waals surface area contributed by atoms with E-state index in [0.717, 1.165) is 39.5 Å². The van der Waals surface area contributed by atoms with Crippen LogP contribution in [-0.2, 0) is 14.3 Å². The highest BCUT2D eigenvalue weighted by atomic mass is 32.2. The van der Waals surface area contributed by atoms with Crippen LogP contribution >= 0.6 is 12.0 Å². The summed E-state index contributed by atoms with van der Waals surface area (Å²) in [6, 6.07) is 23.0. The maximum absolute atomic E-state index is 6.13. The van der Waals surface area contributed by atoms with Crippen molar-refractivity contribution in [3.05, 3.63) is 93.9 Å². The van der Waals surface area contributed by atoms with Crippen LogP contribution < -0.4 is 15.2 Å². The van der Waals surface area contributed by atoms with E-state index < -0.39 is 0 Å². The van der Waals surface area contributed by atoms with Crippen LogP contribution in [0.2, 0.25) is 0 Å². The van der Waals surface area contributed by atoms with Gasteiger partial charge in [0.05, 0.1) is 7.11 Å². The van der Waals surface area contributed by atoms with Crippen LogP contribution in [0.25, 0.3) is 12.2 Å². The van der Waals surface area contributed by atoms with Gasteiger partial charge in [0.1, 0.15) is 11.5 Å². The van der Waals surface area contributed by atoms with E-state index in [4.69, 9.17) is 4.74 Å². The minimum atomic E-state index is 0.879. The molecule has 0 aliphatic carbocycles. The molecule has 0 unspecified atom stereocenters. The van der Waals surface area contributed by atoms with E-state index in [1.165, 1.54) is 23.8 Å². The fourth-order valence-corrected chi connectivity index (χ4v) is 3.12. The van der Waals surface area contributed by atoms with Gasteiger partial charge in [-0.15, -0.1) is 4.33 Å². The van der Waals surface area contributed by atoms with Crippen LogP contribution in [-0.4, -0.2) is 13.4 Å². The molecule has 0 saturated heterocycles. The van der Waals surface area contributed by atoms with Gasteiger partial charge in [0.15, 0.2) is 0 Å². The third-order valence-corrected chi connectivity index (χ3v) is 4.36. The highest BCUT2D eigenvalue weighted by Gasteiger charge is 2.19. The Hall–Kier alpha value is -2.57. The summed E-state index contributed by atoms with van der Waals surface area (Å²) in [7, 11) is 1.37. The molecule has 0 spiro atoms. The van der Waals surface area contributed by atoms with Crippen LogP contribution in [0.3, 0.4) is 0 Å². The van der Waals surface area contributed by atoms with Gasteiger partial charge in [-0.2, -0.15) is 0 Å². The number of hydrogen-bond donors (Lipinski definition) is 0. The lowest BCUT2D eigenvalue weighted by Crippen LogP contribution is -2.19. The standard InChI is InChI=1S/C21H16O.C2H6O3S.2C2H6/c1-14-8-10-17-19(12-14)22-20-13-15(2)9-11-18(20)21(17)16-6-4-3-5-7-16;1-3-4-5-6-2;2*1-2/h3-13H,1H2,2H3;1-2H3;2*1-2H3. The molecule has 0 atom stereocenters. The molecule has 3 aromatic rings. The highest BCUT2D eigenvalue weighted by Crippen LogP contribution is 2.36. The van der Waals surface area contributed by atoms with E-state index >= 15 is 0 Å². The Labute approximate surface area is 196 Å². The van der Waals surface area contributed by atoms with Crippen molar-refractivity contribution in [1.82, 2.24) is 0 Å². The number of ether oxygens (including phenoxy) is 1. The summed E-state index contributed by atoms with van der Waals surface area (Å²) >= 11 is 1.08. The Morgan fingerprint density at radius 3 is 2.12 bits per heavy atom. The monoisotopic (exact) mass is 454 g/mol. The lowest BCUT2D eigenvalue weighted by molar-refractivity contribution is -0.447. The van der Waals surface area contributed by atoms with E-state index in [1.54, 1.807) is 6.26 Å². The summed E-state index contributed by atoms with van der Waals surface area (Å²) in [6.07, 6.45) is 1.72. The molecule has 0 bridgehead atoms. The maximum Gasteiger partial charge on any atom is 0.135 e. The molecule has 1 heterocycles. The number of rotatable bonds is 4. The topological polar surface area (TPSA) is 36.9 Å². The maximum atomic E-state index is 6.13. The van der Waals surface area contributed by atoms with Crippen molar-refractivity contribution in [1.29, 1.82) is 0 Å². The van der Waals surface area contributed by atoms with Gasteiger partial charge in [-0.1, -0.05) is 93.9 Å². The van der Waals surface area contributed by atoms with Crippen LogP contribution in [0.5, 0.6) is 11.5 Å². The molecule has 0 fully saturated rings. The molecule has 4 rings (SSSR count). The van der Waals surface area contributed by atoms with E-state index in [9.17, 15) is 0 Å². The second-order valence-electron chi connectivity index (χ2n) is 6.14. The van der Waals surface area contributed by atoms with Crippen molar-refractivity contribution in [2.24, 2.45) is 0 Å². The number of hydrogen-bond acceptors (Lipinski definition) is 5. The molecule has 4 nitrogen and oxygen atoms in total. The Morgan fingerprint density at radius 1 is 0.844 bits per heavy atom. The molecule has 0 saturated carbocycles.